The van der Waals surface area contributed by atoms with Crippen molar-refractivity contribution in [3.63, 3.8) is 0 Å². The fraction of sp³-hybridized carbons (Fsp3) is 1.00. The summed E-state index contributed by atoms with van der Waals surface area (Å²) in [6.07, 6.45) is 3.01. The van der Waals surface area contributed by atoms with Crippen molar-refractivity contribution in [3.05, 3.63) is 0 Å². The Hall–Kier alpha value is 0.960. The summed E-state index contributed by atoms with van der Waals surface area (Å²) >= 11 is 0. The van der Waals surface area contributed by atoms with Crippen LogP contribution in [0.5, 0.6) is 0 Å². The number of hydrogen-bond acceptors (Lipinski definition) is 1. The van der Waals surface area contributed by atoms with Gasteiger partial charge in [0.2, 0.25) is 0 Å². The summed E-state index contributed by atoms with van der Waals surface area (Å²) in [7, 11) is 0. The summed E-state index contributed by atoms with van der Waals surface area (Å²) in [4.78, 5) is 0. The van der Waals surface area contributed by atoms with Crippen LogP contribution in [-0.4, -0.2) is 5.60 Å². The van der Waals surface area contributed by atoms with E-state index in [0.717, 1.165) is 19.3 Å². The molecule has 0 heterocycles. The molecule has 0 N–H and O–H groups in total. The number of unbranched alkanes of at least 4 members (excludes halogenated alkanes) is 1. The second kappa shape index (κ2) is 5.72. The van der Waals surface area contributed by atoms with Crippen molar-refractivity contribution in [2.24, 2.45) is 0 Å². The van der Waals surface area contributed by atoms with Gasteiger partial charge in [-0.1, -0.05) is 40.0 Å². The molecule has 0 aliphatic heterocycles. The van der Waals surface area contributed by atoms with Crippen LogP contribution in [0.15, 0.2) is 0 Å². The minimum Gasteiger partial charge on any atom is -0.850 e. The van der Waals surface area contributed by atoms with Gasteiger partial charge in [-0.3, -0.25) is 0 Å². The predicted molar refractivity (Wildman–Crippen MR) is 33.6 cm³/mol. The van der Waals surface area contributed by atoms with Gasteiger partial charge >= 0.3 is 29.6 Å². The summed E-state index contributed by atoms with van der Waals surface area (Å²) in [6, 6.07) is 0. The van der Waals surface area contributed by atoms with Gasteiger partial charge in [0.15, 0.2) is 0 Å². The van der Waals surface area contributed by atoms with Gasteiger partial charge in [-0.15, -0.1) is 5.60 Å². The Morgan fingerprint density at radius 3 is 1.89 bits per heavy atom. The molecule has 0 aliphatic rings. The smallest absolute Gasteiger partial charge is 0.850 e. The van der Waals surface area contributed by atoms with E-state index in [4.69, 9.17) is 0 Å². The molecule has 0 amide bonds. The molecule has 0 unspecified atom stereocenters. The molecule has 2 heteroatoms. The van der Waals surface area contributed by atoms with E-state index >= 15 is 0 Å². The van der Waals surface area contributed by atoms with Gasteiger partial charge < -0.3 is 5.11 Å². The van der Waals surface area contributed by atoms with E-state index in [1.54, 1.807) is 13.8 Å². The van der Waals surface area contributed by atoms with Gasteiger partial charge in [0.1, 0.15) is 0 Å². The molecule has 0 aromatic carbocycles. The van der Waals surface area contributed by atoms with Crippen molar-refractivity contribution in [1.29, 1.82) is 0 Å². The molecule has 0 saturated carbocycles. The van der Waals surface area contributed by atoms with E-state index < -0.39 is 5.60 Å². The zero-order chi connectivity index (χ0) is 6.62. The summed E-state index contributed by atoms with van der Waals surface area (Å²) in [5.41, 5.74) is -0.698. The molecule has 0 aromatic heterocycles. The van der Waals surface area contributed by atoms with Crippen LogP contribution in [0.3, 0.4) is 0 Å². The standard InChI is InChI=1S/C7H15O.Na/c1-4-5-6-7(2,3)8;/h4-6H2,1-3H3;/q-1;+1. The number of rotatable bonds is 3. The Labute approximate surface area is 80.1 Å². The minimum absolute atomic E-state index is 0. The molecule has 1 nitrogen and oxygen atoms in total. The predicted octanol–water partition coefficient (Wildman–Crippen LogP) is -1.68. The van der Waals surface area contributed by atoms with Crippen LogP contribution in [0, 0.1) is 0 Å². The summed E-state index contributed by atoms with van der Waals surface area (Å²) in [5.74, 6) is 0. The van der Waals surface area contributed by atoms with Gasteiger partial charge in [0.05, 0.1) is 0 Å². The van der Waals surface area contributed by atoms with Crippen molar-refractivity contribution in [2.45, 2.75) is 45.6 Å². The molecule has 0 aliphatic carbocycles. The summed E-state index contributed by atoms with van der Waals surface area (Å²) in [6.45, 7) is 5.58. The maximum Gasteiger partial charge on any atom is 1.00 e. The molecular weight excluding hydrogens is 123 g/mol. The molecule has 0 aromatic rings. The van der Waals surface area contributed by atoms with Crippen LogP contribution in [0.2, 0.25) is 0 Å². The van der Waals surface area contributed by atoms with E-state index in [1.807, 2.05) is 0 Å². The molecule has 0 bridgehead atoms. The molecule has 9 heavy (non-hydrogen) atoms. The van der Waals surface area contributed by atoms with Crippen LogP contribution in [0.1, 0.15) is 40.0 Å². The number of hydrogen-bond donors (Lipinski definition) is 0. The second-order valence-electron chi connectivity index (χ2n) is 2.86. The summed E-state index contributed by atoms with van der Waals surface area (Å²) in [5, 5.41) is 10.9. The first kappa shape index (κ1) is 12.6. The maximum atomic E-state index is 10.9. The van der Waals surface area contributed by atoms with Crippen LogP contribution in [0.4, 0.5) is 0 Å². The third kappa shape index (κ3) is 12.2. The van der Waals surface area contributed by atoms with Crippen LogP contribution < -0.4 is 34.7 Å². The maximum absolute atomic E-state index is 10.9. The van der Waals surface area contributed by atoms with Crippen molar-refractivity contribution in [1.82, 2.24) is 0 Å². The molecule has 0 saturated heterocycles. The monoisotopic (exact) mass is 138 g/mol. The Morgan fingerprint density at radius 2 is 1.78 bits per heavy atom. The van der Waals surface area contributed by atoms with Crippen LogP contribution in [0.25, 0.3) is 0 Å². The quantitative estimate of drug-likeness (QED) is 0.427. The van der Waals surface area contributed by atoms with Crippen molar-refractivity contribution in [3.8, 4) is 0 Å². The van der Waals surface area contributed by atoms with E-state index in [1.165, 1.54) is 0 Å². The van der Waals surface area contributed by atoms with E-state index in [0.29, 0.717) is 0 Å². The molecule has 0 rings (SSSR count). The fourth-order valence-corrected chi connectivity index (χ4v) is 0.602. The first-order valence-electron chi connectivity index (χ1n) is 3.26. The van der Waals surface area contributed by atoms with Gasteiger partial charge in [-0.25, -0.2) is 0 Å². The van der Waals surface area contributed by atoms with Gasteiger partial charge in [0, 0.05) is 0 Å². The molecule has 50 valence electrons. The molecule has 0 spiro atoms. The molecule has 0 fully saturated rings. The van der Waals surface area contributed by atoms with E-state index in [2.05, 4.69) is 6.92 Å². The van der Waals surface area contributed by atoms with Crippen LogP contribution >= 0.6 is 0 Å². The van der Waals surface area contributed by atoms with Gasteiger partial charge in [0.25, 0.3) is 0 Å². The Kier molecular flexibility index (Phi) is 8.02. The Balaban J connectivity index is 0. The zero-order valence-electron chi connectivity index (χ0n) is 7.03. The van der Waals surface area contributed by atoms with Gasteiger partial charge in [-0.05, 0) is 0 Å². The zero-order valence-corrected chi connectivity index (χ0v) is 9.03. The fourth-order valence-electron chi connectivity index (χ4n) is 0.602. The first-order chi connectivity index (χ1) is 3.56. The third-order valence-corrected chi connectivity index (χ3v) is 1.13. The van der Waals surface area contributed by atoms with Crippen LogP contribution in [-0.2, 0) is 0 Å². The van der Waals surface area contributed by atoms with E-state index in [-0.39, 0.29) is 29.6 Å². The normalized spacial score (nSPS) is 10.7. The average Bonchev–Trinajstić information content (AvgIpc) is 1.59. The SMILES string of the molecule is CCCCC(C)(C)[O-].[Na+]. The van der Waals surface area contributed by atoms with Crippen molar-refractivity contribution in [2.75, 3.05) is 0 Å². The molecule has 0 atom stereocenters. The van der Waals surface area contributed by atoms with Crippen molar-refractivity contribution >= 4 is 0 Å². The summed E-state index contributed by atoms with van der Waals surface area (Å²) < 4.78 is 0. The Morgan fingerprint density at radius 1 is 1.33 bits per heavy atom. The molecular formula is C7H15NaO. The molecule has 0 radical (unpaired) electrons. The van der Waals surface area contributed by atoms with E-state index in [9.17, 15) is 5.11 Å². The van der Waals surface area contributed by atoms with Gasteiger partial charge in [-0.2, -0.15) is 0 Å². The third-order valence-electron chi connectivity index (χ3n) is 1.13. The second-order valence-corrected chi connectivity index (χ2v) is 2.86. The largest absolute Gasteiger partial charge is 1.00 e. The first-order valence-corrected chi connectivity index (χ1v) is 3.26. The Bertz CT molecular complexity index is 56.4. The topological polar surface area (TPSA) is 23.1 Å². The van der Waals surface area contributed by atoms with Crippen molar-refractivity contribution < 1.29 is 34.7 Å². The minimum atomic E-state index is -0.698. The average molecular weight is 138 g/mol.